The Labute approximate surface area is 205 Å². The Bertz CT molecular complexity index is 1280. The van der Waals surface area contributed by atoms with Crippen molar-refractivity contribution in [3.63, 3.8) is 0 Å². The molecular weight excluding hydrogens is 481 g/mol. The van der Waals surface area contributed by atoms with E-state index in [1.54, 1.807) is 24.3 Å². The van der Waals surface area contributed by atoms with Gasteiger partial charge in [-0.1, -0.05) is 61.3 Å². The van der Waals surface area contributed by atoms with Crippen LogP contribution in [0.2, 0.25) is 10.0 Å². The molecule has 0 spiro atoms. The van der Waals surface area contributed by atoms with Gasteiger partial charge in [0.1, 0.15) is 5.01 Å². The van der Waals surface area contributed by atoms with Gasteiger partial charge in [0, 0.05) is 16.1 Å². The third kappa shape index (κ3) is 4.94. The molecular formula is C24H19Cl2N3OS2. The SMILES string of the molecule is CC(C)c1ccc(C(=O)NC(=S)Nc2c(Cl)cc(Cl)cc2-c2nc3ccccc3s2)cc1. The van der Waals surface area contributed by atoms with Crippen LogP contribution in [0, 0.1) is 0 Å². The predicted molar refractivity (Wildman–Crippen MR) is 139 cm³/mol. The van der Waals surface area contributed by atoms with E-state index in [2.05, 4.69) is 24.5 Å². The highest BCUT2D eigenvalue weighted by Gasteiger charge is 2.17. The fraction of sp³-hybridized carbons (Fsp3) is 0.125. The number of aromatic nitrogens is 1. The fourth-order valence-corrected chi connectivity index (χ4v) is 4.92. The molecule has 0 unspecified atom stereocenters. The molecule has 0 saturated heterocycles. The number of hydrogen-bond donors (Lipinski definition) is 2. The highest BCUT2D eigenvalue weighted by Crippen LogP contribution is 2.40. The summed E-state index contributed by atoms with van der Waals surface area (Å²) in [4.78, 5) is 17.3. The average molecular weight is 500 g/mol. The number of nitrogens with one attached hydrogen (secondary N) is 2. The molecule has 1 heterocycles. The van der Waals surface area contributed by atoms with Crippen molar-refractivity contribution < 1.29 is 4.79 Å². The molecule has 0 aliphatic rings. The molecule has 0 bridgehead atoms. The zero-order chi connectivity index (χ0) is 22.8. The van der Waals surface area contributed by atoms with Gasteiger partial charge in [0.15, 0.2) is 5.11 Å². The molecule has 0 radical (unpaired) electrons. The van der Waals surface area contributed by atoms with Crippen LogP contribution in [0.25, 0.3) is 20.8 Å². The van der Waals surface area contributed by atoms with Gasteiger partial charge >= 0.3 is 0 Å². The van der Waals surface area contributed by atoms with Gasteiger partial charge in [-0.25, -0.2) is 4.98 Å². The van der Waals surface area contributed by atoms with E-state index in [9.17, 15) is 4.79 Å². The molecule has 0 atom stereocenters. The minimum atomic E-state index is -0.301. The molecule has 32 heavy (non-hydrogen) atoms. The smallest absolute Gasteiger partial charge is 0.257 e. The van der Waals surface area contributed by atoms with E-state index >= 15 is 0 Å². The van der Waals surface area contributed by atoms with Crippen molar-refractivity contribution in [1.82, 2.24) is 10.3 Å². The Morgan fingerprint density at radius 3 is 2.47 bits per heavy atom. The van der Waals surface area contributed by atoms with Crippen molar-refractivity contribution in [3.8, 4) is 10.6 Å². The fourth-order valence-electron chi connectivity index (χ4n) is 3.20. The van der Waals surface area contributed by atoms with Crippen molar-refractivity contribution in [2.75, 3.05) is 5.32 Å². The maximum absolute atomic E-state index is 12.6. The van der Waals surface area contributed by atoms with Crippen LogP contribution in [-0.4, -0.2) is 16.0 Å². The summed E-state index contributed by atoms with van der Waals surface area (Å²) in [6.45, 7) is 4.21. The summed E-state index contributed by atoms with van der Waals surface area (Å²) in [5.74, 6) is 0.0901. The van der Waals surface area contributed by atoms with Gasteiger partial charge in [0.05, 0.1) is 20.9 Å². The standard InChI is InChI=1S/C24H19Cl2N3OS2/c1-13(2)14-7-9-15(10-8-14)22(30)29-24(31)28-21-17(11-16(25)12-18(21)26)23-27-19-5-3-4-6-20(19)32-23/h3-13H,1-2H3,(H2,28,29,30,31). The van der Waals surface area contributed by atoms with Crippen LogP contribution in [0.1, 0.15) is 35.7 Å². The lowest BCUT2D eigenvalue weighted by Gasteiger charge is -2.15. The zero-order valence-corrected chi connectivity index (χ0v) is 20.4. The maximum Gasteiger partial charge on any atom is 0.257 e. The second-order valence-corrected chi connectivity index (χ2v) is 9.76. The second kappa shape index (κ2) is 9.55. The van der Waals surface area contributed by atoms with Gasteiger partial charge in [0.2, 0.25) is 0 Å². The number of carbonyl (C=O) groups excluding carboxylic acids is 1. The number of rotatable bonds is 4. The topological polar surface area (TPSA) is 54.0 Å². The molecule has 162 valence electrons. The number of para-hydroxylation sites is 1. The van der Waals surface area contributed by atoms with Crippen molar-refractivity contribution in [1.29, 1.82) is 0 Å². The zero-order valence-electron chi connectivity index (χ0n) is 17.3. The second-order valence-electron chi connectivity index (χ2n) is 7.48. The Balaban J connectivity index is 1.58. The summed E-state index contributed by atoms with van der Waals surface area (Å²) in [6.07, 6.45) is 0. The number of benzene rings is 3. The van der Waals surface area contributed by atoms with Crippen LogP contribution < -0.4 is 10.6 Å². The molecule has 1 amide bonds. The lowest BCUT2D eigenvalue weighted by Crippen LogP contribution is -2.34. The number of halogens is 2. The van der Waals surface area contributed by atoms with E-state index < -0.39 is 0 Å². The Morgan fingerprint density at radius 1 is 1.06 bits per heavy atom. The molecule has 0 fully saturated rings. The van der Waals surface area contributed by atoms with E-state index in [0.717, 1.165) is 20.8 Å². The molecule has 4 aromatic rings. The first-order chi connectivity index (χ1) is 15.3. The summed E-state index contributed by atoms with van der Waals surface area (Å²) in [6, 6.07) is 18.7. The lowest BCUT2D eigenvalue weighted by atomic mass is 10.0. The normalized spacial score (nSPS) is 11.0. The van der Waals surface area contributed by atoms with Gasteiger partial charge in [-0.2, -0.15) is 0 Å². The van der Waals surface area contributed by atoms with E-state index in [4.69, 9.17) is 40.4 Å². The minimum Gasteiger partial charge on any atom is -0.331 e. The molecule has 0 aliphatic heterocycles. The average Bonchev–Trinajstić information content (AvgIpc) is 3.19. The third-order valence-electron chi connectivity index (χ3n) is 4.88. The summed E-state index contributed by atoms with van der Waals surface area (Å²) in [7, 11) is 0. The van der Waals surface area contributed by atoms with Crippen LogP contribution in [0.15, 0.2) is 60.7 Å². The number of hydrogen-bond acceptors (Lipinski definition) is 4. The first-order valence-corrected chi connectivity index (χ1v) is 11.9. The Hall–Kier alpha value is -2.51. The highest BCUT2D eigenvalue weighted by molar-refractivity contribution is 7.80. The Kier molecular flexibility index (Phi) is 6.76. The summed E-state index contributed by atoms with van der Waals surface area (Å²) in [5.41, 5.74) is 3.82. The van der Waals surface area contributed by atoms with Crippen molar-refractivity contribution >= 4 is 73.7 Å². The van der Waals surface area contributed by atoms with Crippen LogP contribution in [-0.2, 0) is 0 Å². The third-order valence-corrected chi connectivity index (χ3v) is 6.67. The first kappa shape index (κ1) is 22.7. The maximum atomic E-state index is 12.6. The quantitative estimate of drug-likeness (QED) is 0.285. The monoisotopic (exact) mass is 499 g/mol. The summed E-state index contributed by atoms with van der Waals surface area (Å²) >= 11 is 19.7. The number of carbonyl (C=O) groups is 1. The van der Waals surface area contributed by atoms with Gasteiger partial charge in [-0.05, 0) is 60.1 Å². The highest BCUT2D eigenvalue weighted by atomic mass is 35.5. The van der Waals surface area contributed by atoms with Crippen LogP contribution >= 0.6 is 46.8 Å². The molecule has 8 heteroatoms. The van der Waals surface area contributed by atoms with Crippen molar-refractivity contribution in [2.24, 2.45) is 0 Å². The van der Waals surface area contributed by atoms with Gasteiger partial charge in [0.25, 0.3) is 5.91 Å². The molecule has 2 N–H and O–H groups in total. The summed E-state index contributed by atoms with van der Waals surface area (Å²) < 4.78 is 1.05. The number of thiocarbonyl (C=S) groups is 1. The van der Waals surface area contributed by atoms with Crippen LogP contribution in [0.5, 0.6) is 0 Å². The van der Waals surface area contributed by atoms with E-state index in [1.807, 2.05) is 36.4 Å². The van der Waals surface area contributed by atoms with Crippen molar-refractivity contribution in [2.45, 2.75) is 19.8 Å². The van der Waals surface area contributed by atoms with E-state index in [1.165, 1.54) is 11.3 Å². The van der Waals surface area contributed by atoms with Gasteiger partial charge < -0.3 is 5.32 Å². The number of fused-ring (bicyclic) bond motifs is 1. The van der Waals surface area contributed by atoms with E-state index in [-0.39, 0.29) is 11.0 Å². The van der Waals surface area contributed by atoms with Crippen LogP contribution in [0.4, 0.5) is 5.69 Å². The number of nitrogens with zero attached hydrogens (tertiary/aromatic N) is 1. The number of thiazole rings is 1. The van der Waals surface area contributed by atoms with E-state index in [0.29, 0.717) is 32.8 Å². The predicted octanol–water partition coefficient (Wildman–Crippen LogP) is 7.52. The van der Waals surface area contributed by atoms with Crippen LogP contribution in [0.3, 0.4) is 0 Å². The molecule has 0 aliphatic carbocycles. The molecule has 4 nitrogen and oxygen atoms in total. The molecule has 1 aromatic heterocycles. The van der Waals surface area contributed by atoms with Gasteiger partial charge in [-0.15, -0.1) is 11.3 Å². The number of anilines is 1. The van der Waals surface area contributed by atoms with Gasteiger partial charge in [-0.3, -0.25) is 10.1 Å². The minimum absolute atomic E-state index is 0.134. The lowest BCUT2D eigenvalue weighted by molar-refractivity contribution is 0.0977. The molecule has 3 aromatic carbocycles. The Morgan fingerprint density at radius 2 is 1.78 bits per heavy atom. The largest absolute Gasteiger partial charge is 0.331 e. The summed E-state index contributed by atoms with van der Waals surface area (Å²) in [5, 5.41) is 7.51. The molecule has 4 rings (SSSR count). The van der Waals surface area contributed by atoms with Crippen molar-refractivity contribution in [3.05, 3.63) is 81.8 Å². The molecule has 0 saturated carbocycles. The first-order valence-electron chi connectivity index (χ1n) is 9.89. The number of amides is 1.